The number of aliphatic hydroxyl groups is 1. The summed E-state index contributed by atoms with van der Waals surface area (Å²) in [5.74, 6) is 5.36. The maximum absolute atomic E-state index is 10.9. The molecule has 0 aromatic heterocycles. The van der Waals surface area contributed by atoms with Crippen molar-refractivity contribution in [2.45, 2.75) is 18.9 Å². The van der Waals surface area contributed by atoms with Gasteiger partial charge in [-0.1, -0.05) is 0 Å². The molecule has 0 aliphatic carbocycles. The summed E-state index contributed by atoms with van der Waals surface area (Å²) in [6.07, 6.45) is 1.79. The van der Waals surface area contributed by atoms with Crippen LogP contribution in [0.3, 0.4) is 0 Å². The highest BCUT2D eigenvalue weighted by atomic mass is 16.6. The molecule has 0 spiro atoms. The molecule has 116 valence electrons. The Morgan fingerprint density at radius 3 is 2.71 bits per heavy atom. The minimum absolute atomic E-state index is 0.0131. The molecule has 21 heavy (non-hydrogen) atoms. The van der Waals surface area contributed by atoms with Crippen LogP contribution in [0.25, 0.3) is 0 Å². The van der Waals surface area contributed by atoms with E-state index in [1.54, 1.807) is 12.1 Å². The molecule has 1 heterocycles. The molecule has 0 bridgehead atoms. The summed E-state index contributed by atoms with van der Waals surface area (Å²) in [5.41, 5.74) is 3.76. The zero-order valence-corrected chi connectivity index (χ0v) is 11.7. The Morgan fingerprint density at radius 2 is 2.14 bits per heavy atom. The van der Waals surface area contributed by atoms with Crippen LogP contribution in [0, 0.1) is 10.1 Å². The van der Waals surface area contributed by atoms with Gasteiger partial charge in [0.05, 0.1) is 29.9 Å². The zero-order valence-electron chi connectivity index (χ0n) is 11.7. The van der Waals surface area contributed by atoms with Crippen molar-refractivity contribution < 1.29 is 14.8 Å². The summed E-state index contributed by atoms with van der Waals surface area (Å²) in [7, 11) is 0. The lowest BCUT2D eigenvalue weighted by Crippen LogP contribution is -2.37. The molecule has 1 fully saturated rings. The summed E-state index contributed by atoms with van der Waals surface area (Å²) >= 11 is 0. The Morgan fingerprint density at radius 1 is 1.43 bits per heavy atom. The van der Waals surface area contributed by atoms with Crippen molar-refractivity contribution in [3.63, 3.8) is 0 Å². The van der Waals surface area contributed by atoms with Gasteiger partial charge in [0.1, 0.15) is 0 Å². The van der Waals surface area contributed by atoms with E-state index in [1.807, 2.05) is 0 Å². The van der Waals surface area contributed by atoms with Gasteiger partial charge in [-0.25, -0.2) is 0 Å². The highest BCUT2D eigenvalue weighted by Gasteiger charge is 2.21. The SMILES string of the molecule is NNc1cc(N2CCC(OCCO)CC2)cc([N+](=O)[O-])c1. The van der Waals surface area contributed by atoms with Crippen molar-refractivity contribution in [3.8, 4) is 0 Å². The molecule has 1 aromatic carbocycles. The minimum atomic E-state index is -0.429. The number of nitrogens with zero attached hydrogens (tertiary/aromatic N) is 2. The van der Waals surface area contributed by atoms with Gasteiger partial charge in [0.25, 0.3) is 5.69 Å². The molecule has 8 nitrogen and oxygen atoms in total. The van der Waals surface area contributed by atoms with Crippen molar-refractivity contribution in [2.75, 3.05) is 36.6 Å². The molecule has 0 radical (unpaired) electrons. The van der Waals surface area contributed by atoms with E-state index < -0.39 is 4.92 Å². The van der Waals surface area contributed by atoms with Crippen LogP contribution in [-0.2, 0) is 4.74 Å². The average Bonchev–Trinajstić information content (AvgIpc) is 2.52. The van der Waals surface area contributed by atoms with Crippen molar-refractivity contribution in [3.05, 3.63) is 28.3 Å². The number of nitrogens with two attached hydrogens (primary N) is 1. The van der Waals surface area contributed by atoms with Gasteiger partial charge in [0.15, 0.2) is 0 Å². The second-order valence-electron chi connectivity index (χ2n) is 4.92. The van der Waals surface area contributed by atoms with E-state index in [0.717, 1.165) is 31.6 Å². The zero-order chi connectivity index (χ0) is 15.2. The van der Waals surface area contributed by atoms with Crippen molar-refractivity contribution in [1.82, 2.24) is 0 Å². The topological polar surface area (TPSA) is 114 Å². The molecular weight excluding hydrogens is 276 g/mol. The quantitative estimate of drug-likeness (QED) is 0.405. The molecule has 1 aliphatic heterocycles. The van der Waals surface area contributed by atoms with Gasteiger partial charge < -0.3 is 20.2 Å². The van der Waals surface area contributed by atoms with Gasteiger partial charge in [-0.3, -0.25) is 16.0 Å². The van der Waals surface area contributed by atoms with Gasteiger partial charge in [0.2, 0.25) is 0 Å². The number of nitro benzene ring substituents is 1. The first kappa shape index (κ1) is 15.5. The van der Waals surface area contributed by atoms with E-state index in [9.17, 15) is 10.1 Å². The number of nitrogen functional groups attached to an aromatic ring is 1. The normalized spacial score (nSPS) is 16.0. The number of ether oxygens (including phenoxy) is 1. The van der Waals surface area contributed by atoms with E-state index in [0.29, 0.717) is 12.3 Å². The summed E-state index contributed by atoms with van der Waals surface area (Å²) in [4.78, 5) is 12.6. The molecule has 4 N–H and O–H groups in total. The molecule has 8 heteroatoms. The van der Waals surface area contributed by atoms with Crippen LogP contribution in [0.5, 0.6) is 0 Å². The molecule has 0 saturated carbocycles. The van der Waals surface area contributed by atoms with Gasteiger partial charge in [-0.15, -0.1) is 0 Å². The molecule has 1 aliphatic rings. The Bertz CT molecular complexity index is 489. The number of aliphatic hydroxyl groups excluding tert-OH is 1. The van der Waals surface area contributed by atoms with E-state index in [-0.39, 0.29) is 18.4 Å². The number of hydrogen-bond acceptors (Lipinski definition) is 7. The number of non-ortho nitro benzene ring substituents is 1. The van der Waals surface area contributed by atoms with Crippen molar-refractivity contribution in [1.29, 1.82) is 0 Å². The lowest BCUT2D eigenvalue weighted by Gasteiger charge is -2.33. The monoisotopic (exact) mass is 296 g/mol. The van der Waals surface area contributed by atoms with Gasteiger partial charge in [-0.2, -0.15) is 0 Å². The standard InChI is InChI=1S/C13H20N4O4/c14-15-10-7-11(9-12(8-10)17(19)20)16-3-1-13(2-4-16)21-6-5-18/h7-9,13,15,18H,1-6,14H2. The third kappa shape index (κ3) is 4.03. The lowest BCUT2D eigenvalue weighted by molar-refractivity contribution is -0.384. The highest BCUT2D eigenvalue weighted by Crippen LogP contribution is 2.29. The second kappa shape index (κ2) is 7.21. The third-order valence-electron chi connectivity index (χ3n) is 3.53. The van der Waals surface area contributed by atoms with E-state index in [4.69, 9.17) is 15.7 Å². The fourth-order valence-corrected chi connectivity index (χ4v) is 2.47. The van der Waals surface area contributed by atoms with Crippen molar-refractivity contribution in [2.24, 2.45) is 5.84 Å². The number of nitro groups is 1. The fraction of sp³-hybridized carbons (Fsp3) is 0.538. The van der Waals surface area contributed by atoms with Gasteiger partial charge >= 0.3 is 0 Å². The molecule has 0 atom stereocenters. The Balaban J connectivity index is 2.05. The van der Waals surface area contributed by atoms with Crippen LogP contribution in [0.1, 0.15) is 12.8 Å². The number of hydrazine groups is 1. The number of piperidine rings is 1. The summed E-state index contributed by atoms with van der Waals surface area (Å²) in [5, 5.41) is 19.7. The lowest BCUT2D eigenvalue weighted by atomic mass is 10.1. The predicted molar refractivity (Wildman–Crippen MR) is 79.2 cm³/mol. The van der Waals surface area contributed by atoms with Crippen LogP contribution >= 0.6 is 0 Å². The third-order valence-corrected chi connectivity index (χ3v) is 3.53. The van der Waals surface area contributed by atoms with E-state index in [2.05, 4.69) is 10.3 Å². The first-order valence-electron chi connectivity index (χ1n) is 6.87. The molecule has 1 aromatic rings. The van der Waals surface area contributed by atoms with Crippen LogP contribution < -0.4 is 16.2 Å². The number of nitrogens with one attached hydrogen (secondary N) is 1. The molecular formula is C13H20N4O4. The minimum Gasteiger partial charge on any atom is -0.394 e. The number of benzene rings is 1. The summed E-state index contributed by atoms with van der Waals surface area (Å²) < 4.78 is 5.51. The first-order valence-corrected chi connectivity index (χ1v) is 6.87. The Labute approximate surface area is 122 Å². The van der Waals surface area contributed by atoms with Crippen molar-refractivity contribution >= 4 is 17.1 Å². The van der Waals surface area contributed by atoms with Crippen LogP contribution in [-0.4, -0.2) is 42.4 Å². The maximum Gasteiger partial charge on any atom is 0.273 e. The number of rotatable bonds is 6. The molecule has 1 saturated heterocycles. The highest BCUT2D eigenvalue weighted by molar-refractivity contribution is 5.64. The smallest absolute Gasteiger partial charge is 0.273 e. The number of anilines is 2. The van der Waals surface area contributed by atoms with Crippen LogP contribution in [0.2, 0.25) is 0 Å². The predicted octanol–water partition coefficient (Wildman–Crippen LogP) is 0.858. The Kier molecular flexibility index (Phi) is 5.32. The van der Waals surface area contributed by atoms with Crippen LogP contribution in [0.4, 0.5) is 17.1 Å². The van der Waals surface area contributed by atoms with Gasteiger partial charge in [-0.05, 0) is 18.9 Å². The summed E-state index contributed by atoms with van der Waals surface area (Å²) in [6.45, 7) is 1.88. The average molecular weight is 296 g/mol. The number of hydrogen-bond donors (Lipinski definition) is 3. The molecule has 0 amide bonds. The second-order valence-corrected chi connectivity index (χ2v) is 4.92. The van der Waals surface area contributed by atoms with E-state index >= 15 is 0 Å². The first-order chi connectivity index (χ1) is 10.1. The molecule has 2 rings (SSSR count). The summed E-state index contributed by atoms with van der Waals surface area (Å²) in [6, 6.07) is 4.75. The Hall–Kier alpha value is -1.90. The van der Waals surface area contributed by atoms with E-state index in [1.165, 1.54) is 6.07 Å². The van der Waals surface area contributed by atoms with Gasteiger partial charge in [0, 0.05) is 30.9 Å². The maximum atomic E-state index is 10.9. The molecule has 0 unspecified atom stereocenters. The fourth-order valence-electron chi connectivity index (χ4n) is 2.47. The largest absolute Gasteiger partial charge is 0.394 e. The van der Waals surface area contributed by atoms with Crippen LogP contribution in [0.15, 0.2) is 18.2 Å².